The highest BCUT2D eigenvalue weighted by atomic mass is 16.5. The second kappa shape index (κ2) is 54.8. The first-order chi connectivity index (χ1) is 32.5. The largest absolute Gasteiger partial charge is 0.462 e. The third kappa shape index (κ3) is 49.3. The predicted octanol–water partition coefficient (Wildman–Crippen LogP) is 18.7. The Morgan fingerprint density at radius 2 is 0.636 bits per heavy atom. The fourth-order valence-corrected chi connectivity index (χ4v) is 9.85. The Labute approximate surface area is 413 Å². The molecule has 0 fully saturated rings. The molecule has 0 heterocycles. The molecule has 0 rings (SSSR count). The molecule has 0 saturated heterocycles. The number of carbonyl (C=O) groups excluding carboxylic acids is 2. The van der Waals surface area contributed by atoms with Crippen molar-refractivity contribution in [2.75, 3.05) is 6.61 Å². The van der Waals surface area contributed by atoms with E-state index in [0.29, 0.717) is 19.3 Å². The van der Waals surface area contributed by atoms with Crippen molar-refractivity contribution in [1.82, 2.24) is 5.32 Å². The summed E-state index contributed by atoms with van der Waals surface area (Å²) < 4.78 is 5.97. The van der Waals surface area contributed by atoms with Crippen molar-refractivity contribution in [3.05, 3.63) is 0 Å². The first-order valence-electron chi connectivity index (χ1n) is 30.3. The Morgan fingerprint density at radius 1 is 0.379 bits per heavy atom. The lowest BCUT2D eigenvalue weighted by atomic mass is 10.0. The molecular weight excluding hydrogens is 815 g/mol. The van der Waals surface area contributed by atoms with E-state index in [1.54, 1.807) is 0 Å². The van der Waals surface area contributed by atoms with Crippen LogP contribution in [0.3, 0.4) is 0 Å². The van der Waals surface area contributed by atoms with Gasteiger partial charge >= 0.3 is 5.97 Å². The van der Waals surface area contributed by atoms with E-state index in [2.05, 4.69) is 26.1 Å². The van der Waals surface area contributed by atoms with Gasteiger partial charge in [-0.1, -0.05) is 310 Å². The lowest BCUT2D eigenvalue weighted by Crippen LogP contribution is -2.46. The van der Waals surface area contributed by atoms with Crippen LogP contribution < -0.4 is 5.32 Å². The highest BCUT2D eigenvalue weighted by molar-refractivity contribution is 5.77. The van der Waals surface area contributed by atoms with E-state index >= 15 is 0 Å². The first-order valence-corrected chi connectivity index (χ1v) is 30.3. The Kier molecular flexibility index (Phi) is 53.8. The smallest absolute Gasteiger partial charge is 0.306 e. The molecule has 3 unspecified atom stereocenters. The summed E-state index contributed by atoms with van der Waals surface area (Å²) in [4.78, 5) is 26.3. The minimum absolute atomic E-state index is 0.0885. The predicted molar refractivity (Wildman–Crippen MR) is 287 cm³/mol. The van der Waals surface area contributed by atoms with Crippen molar-refractivity contribution < 1.29 is 24.5 Å². The van der Waals surface area contributed by atoms with Crippen molar-refractivity contribution in [2.45, 2.75) is 366 Å². The van der Waals surface area contributed by atoms with Gasteiger partial charge in [0.05, 0.1) is 25.2 Å². The monoisotopic (exact) mass is 934 g/mol. The normalized spacial score (nSPS) is 13.0. The van der Waals surface area contributed by atoms with Crippen LogP contribution in [0.15, 0.2) is 0 Å². The maximum Gasteiger partial charge on any atom is 0.306 e. The average Bonchev–Trinajstić information content (AvgIpc) is 3.31. The second-order valence-electron chi connectivity index (χ2n) is 21.1. The van der Waals surface area contributed by atoms with E-state index in [0.717, 1.165) is 38.5 Å². The summed E-state index contributed by atoms with van der Waals surface area (Å²) in [5.74, 6) is -0.443. The van der Waals surface area contributed by atoms with Crippen LogP contribution in [0.1, 0.15) is 348 Å². The fraction of sp³-hybridized carbons (Fsp3) is 0.967. The third-order valence-electron chi connectivity index (χ3n) is 14.4. The molecule has 1 amide bonds. The van der Waals surface area contributed by atoms with Crippen LogP contribution in [0, 0.1) is 0 Å². The van der Waals surface area contributed by atoms with Gasteiger partial charge in [-0.25, -0.2) is 0 Å². The van der Waals surface area contributed by atoms with Gasteiger partial charge in [0.15, 0.2) is 0 Å². The van der Waals surface area contributed by atoms with Gasteiger partial charge < -0.3 is 20.3 Å². The Morgan fingerprint density at radius 3 is 0.924 bits per heavy atom. The zero-order valence-corrected chi connectivity index (χ0v) is 45.1. The van der Waals surface area contributed by atoms with Crippen molar-refractivity contribution in [3.8, 4) is 0 Å². The Hall–Kier alpha value is -1.14. The summed E-state index contributed by atoms with van der Waals surface area (Å²) in [6, 6.07) is -0.693. The van der Waals surface area contributed by atoms with Crippen LogP contribution in [0.2, 0.25) is 0 Å². The van der Waals surface area contributed by atoms with Crippen LogP contribution in [0.25, 0.3) is 0 Å². The van der Waals surface area contributed by atoms with Crippen LogP contribution in [0.5, 0.6) is 0 Å². The molecule has 0 bridgehead atoms. The van der Waals surface area contributed by atoms with Gasteiger partial charge in [-0.15, -0.1) is 0 Å². The number of esters is 1. The number of carbonyl (C=O) groups is 2. The molecule has 0 aromatic rings. The van der Waals surface area contributed by atoms with Crippen LogP contribution in [0.4, 0.5) is 0 Å². The minimum Gasteiger partial charge on any atom is -0.462 e. The standard InChI is InChI=1S/C60H119NO5/c1-4-7-10-13-16-19-22-25-27-29-31-33-35-38-41-44-47-50-53-60(65)66-56(51-48-45-42-39-36-24-21-18-15-12-9-6-3)54-59(64)61-57(55-62)58(63)52-49-46-43-40-37-34-32-30-28-26-23-20-17-14-11-8-5-2/h56-58,62-63H,4-55H2,1-3H3,(H,61,64). The van der Waals surface area contributed by atoms with Gasteiger partial charge in [-0.3, -0.25) is 9.59 Å². The summed E-state index contributed by atoms with van der Waals surface area (Å²) in [6.07, 6.45) is 61.8. The van der Waals surface area contributed by atoms with E-state index in [4.69, 9.17) is 4.74 Å². The lowest BCUT2D eigenvalue weighted by Gasteiger charge is -2.24. The molecule has 6 heteroatoms. The summed E-state index contributed by atoms with van der Waals surface area (Å²) in [5.41, 5.74) is 0. The number of hydrogen-bond acceptors (Lipinski definition) is 5. The maximum absolute atomic E-state index is 13.3. The average molecular weight is 935 g/mol. The van der Waals surface area contributed by atoms with Crippen molar-refractivity contribution in [3.63, 3.8) is 0 Å². The summed E-state index contributed by atoms with van der Waals surface area (Å²) in [7, 11) is 0. The number of hydrogen-bond donors (Lipinski definition) is 3. The fourth-order valence-electron chi connectivity index (χ4n) is 9.85. The van der Waals surface area contributed by atoms with Crippen LogP contribution >= 0.6 is 0 Å². The van der Waals surface area contributed by atoms with Gasteiger partial charge in [-0.2, -0.15) is 0 Å². The minimum atomic E-state index is -0.780. The zero-order valence-electron chi connectivity index (χ0n) is 45.1. The van der Waals surface area contributed by atoms with Crippen LogP contribution in [-0.4, -0.2) is 46.9 Å². The number of aliphatic hydroxyl groups is 2. The van der Waals surface area contributed by atoms with Gasteiger partial charge in [0.1, 0.15) is 6.10 Å². The molecule has 0 aliphatic heterocycles. The molecular formula is C60H119NO5. The number of nitrogens with one attached hydrogen (secondary N) is 1. The van der Waals surface area contributed by atoms with Gasteiger partial charge in [0.2, 0.25) is 5.91 Å². The Balaban J connectivity index is 4.40. The van der Waals surface area contributed by atoms with E-state index in [-0.39, 0.29) is 24.9 Å². The van der Waals surface area contributed by atoms with E-state index in [1.165, 1.54) is 263 Å². The lowest BCUT2D eigenvalue weighted by molar-refractivity contribution is -0.151. The molecule has 0 aromatic carbocycles. The number of ether oxygens (including phenoxy) is 1. The van der Waals surface area contributed by atoms with Crippen molar-refractivity contribution in [2.24, 2.45) is 0 Å². The van der Waals surface area contributed by atoms with Gasteiger partial charge in [-0.05, 0) is 25.7 Å². The highest BCUT2D eigenvalue weighted by Gasteiger charge is 2.24. The number of rotatable bonds is 56. The molecule has 0 spiro atoms. The number of aliphatic hydroxyl groups excluding tert-OH is 2. The van der Waals surface area contributed by atoms with Gasteiger partial charge in [0.25, 0.3) is 0 Å². The summed E-state index contributed by atoms with van der Waals surface area (Å²) >= 11 is 0. The molecule has 66 heavy (non-hydrogen) atoms. The van der Waals surface area contributed by atoms with Gasteiger partial charge in [0, 0.05) is 6.42 Å². The topological polar surface area (TPSA) is 95.9 Å². The van der Waals surface area contributed by atoms with Crippen LogP contribution in [-0.2, 0) is 14.3 Å². The van der Waals surface area contributed by atoms with Crippen molar-refractivity contribution in [1.29, 1.82) is 0 Å². The molecule has 3 N–H and O–H groups in total. The molecule has 0 aliphatic rings. The molecule has 0 saturated carbocycles. The molecule has 0 radical (unpaired) electrons. The molecule has 394 valence electrons. The summed E-state index contributed by atoms with van der Waals surface area (Å²) in [5, 5.41) is 23.9. The number of amides is 1. The van der Waals surface area contributed by atoms with E-state index in [9.17, 15) is 19.8 Å². The first kappa shape index (κ1) is 64.9. The zero-order chi connectivity index (χ0) is 48.1. The number of unbranched alkanes of at least 4 members (excludes halogenated alkanes) is 44. The SMILES string of the molecule is CCCCCCCCCCCCCCCCCCCCC(=O)OC(CCCCCCCCCCCCCC)CC(=O)NC(CO)C(O)CCCCCCCCCCCCCCCCCCC. The maximum atomic E-state index is 13.3. The molecule has 0 aliphatic carbocycles. The molecule has 3 atom stereocenters. The van der Waals surface area contributed by atoms with E-state index in [1.807, 2.05) is 0 Å². The molecule has 6 nitrogen and oxygen atoms in total. The van der Waals surface area contributed by atoms with Crippen molar-refractivity contribution >= 4 is 11.9 Å². The molecule has 0 aromatic heterocycles. The summed E-state index contributed by atoms with van der Waals surface area (Å²) in [6.45, 7) is 6.54. The second-order valence-corrected chi connectivity index (χ2v) is 21.1. The highest BCUT2D eigenvalue weighted by Crippen LogP contribution is 2.20. The quantitative estimate of drug-likeness (QED) is 0.0417. The Bertz CT molecular complexity index is 959. The van der Waals surface area contributed by atoms with E-state index < -0.39 is 18.2 Å². The third-order valence-corrected chi connectivity index (χ3v) is 14.4.